The number of rotatable bonds is 9. The second-order valence-corrected chi connectivity index (χ2v) is 5.18. The second-order valence-electron chi connectivity index (χ2n) is 5.18. The summed E-state index contributed by atoms with van der Waals surface area (Å²) in [7, 11) is 1.88. The zero-order valence-corrected chi connectivity index (χ0v) is 12.8. The highest BCUT2D eigenvalue weighted by atomic mass is 19.1. The molecule has 0 aliphatic heterocycles. The van der Waals surface area contributed by atoms with Gasteiger partial charge in [0.05, 0.1) is 12.3 Å². The second kappa shape index (κ2) is 8.22. The van der Waals surface area contributed by atoms with Gasteiger partial charge in [-0.25, -0.2) is 4.39 Å². The maximum atomic E-state index is 13.8. The Bertz CT molecular complexity index is 386. The Balaban J connectivity index is 2.61. The molecule has 0 aromatic heterocycles. The van der Waals surface area contributed by atoms with E-state index in [0.717, 1.165) is 32.4 Å². The van der Waals surface area contributed by atoms with E-state index in [2.05, 4.69) is 12.2 Å². The van der Waals surface area contributed by atoms with Crippen LogP contribution >= 0.6 is 0 Å². The molecule has 1 atom stereocenters. The molecule has 1 aromatic rings. The summed E-state index contributed by atoms with van der Waals surface area (Å²) in [5, 5.41) is 12.7. The van der Waals surface area contributed by atoms with Gasteiger partial charge in [-0.1, -0.05) is 19.1 Å². The summed E-state index contributed by atoms with van der Waals surface area (Å²) in [5.41, 5.74) is 0.444. The third kappa shape index (κ3) is 4.18. The lowest BCUT2D eigenvalue weighted by molar-refractivity contribution is 0.153. The number of halogens is 1. The van der Waals surface area contributed by atoms with Crippen LogP contribution in [0.15, 0.2) is 24.3 Å². The fourth-order valence-corrected chi connectivity index (χ4v) is 2.51. The van der Waals surface area contributed by atoms with Crippen molar-refractivity contribution in [1.82, 2.24) is 5.32 Å². The third-order valence-corrected chi connectivity index (χ3v) is 4.17. The first kappa shape index (κ1) is 16.9. The van der Waals surface area contributed by atoms with Crippen molar-refractivity contribution >= 4 is 5.69 Å². The van der Waals surface area contributed by atoms with Gasteiger partial charge < -0.3 is 15.3 Å². The van der Waals surface area contributed by atoms with E-state index in [1.165, 1.54) is 6.07 Å². The molecule has 0 saturated carbocycles. The van der Waals surface area contributed by atoms with E-state index < -0.39 is 0 Å². The molecule has 4 heteroatoms. The zero-order valence-electron chi connectivity index (χ0n) is 12.8. The highest BCUT2D eigenvalue weighted by molar-refractivity contribution is 5.47. The number of hydrogen-bond donors (Lipinski definition) is 2. The molecule has 1 aromatic carbocycles. The van der Waals surface area contributed by atoms with E-state index in [4.69, 9.17) is 0 Å². The SMILES string of the molecule is CCN(CCCC(CC)(CO)NC)c1ccccc1F. The Morgan fingerprint density at radius 3 is 2.50 bits per heavy atom. The summed E-state index contributed by atoms with van der Waals surface area (Å²) in [6.07, 6.45) is 2.67. The largest absolute Gasteiger partial charge is 0.394 e. The lowest BCUT2D eigenvalue weighted by Gasteiger charge is -2.32. The Hall–Kier alpha value is -1.13. The van der Waals surface area contributed by atoms with Crippen molar-refractivity contribution in [3.63, 3.8) is 0 Å². The normalized spacial score (nSPS) is 14.1. The molecule has 0 aliphatic rings. The average Bonchev–Trinajstić information content (AvgIpc) is 2.49. The molecule has 0 amide bonds. The summed E-state index contributed by atoms with van der Waals surface area (Å²) < 4.78 is 13.8. The maximum absolute atomic E-state index is 13.8. The molecule has 0 fully saturated rings. The molecular formula is C16H27FN2O. The topological polar surface area (TPSA) is 35.5 Å². The molecule has 20 heavy (non-hydrogen) atoms. The number of aliphatic hydroxyl groups excluding tert-OH is 1. The standard InChI is InChI=1S/C16H27FN2O/c1-4-16(13-20,18-3)11-8-12-19(5-2)15-10-7-6-9-14(15)17/h6-7,9-10,18,20H,4-5,8,11-13H2,1-3H3. The van der Waals surface area contributed by atoms with Gasteiger partial charge in [0.2, 0.25) is 0 Å². The Labute approximate surface area is 121 Å². The van der Waals surface area contributed by atoms with Crippen LogP contribution < -0.4 is 10.2 Å². The van der Waals surface area contributed by atoms with Crippen molar-refractivity contribution < 1.29 is 9.50 Å². The van der Waals surface area contributed by atoms with Gasteiger partial charge >= 0.3 is 0 Å². The van der Waals surface area contributed by atoms with Crippen LogP contribution in [0.5, 0.6) is 0 Å². The van der Waals surface area contributed by atoms with Gasteiger partial charge in [0.15, 0.2) is 0 Å². The van der Waals surface area contributed by atoms with Gasteiger partial charge in [0.25, 0.3) is 0 Å². The Kier molecular flexibility index (Phi) is 6.96. The van der Waals surface area contributed by atoms with Crippen molar-refractivity contribution in [3.8, 4) is 0 Å². The summed E-state index contributed by atoms with van der Waals surface area (Å²) in [5.74, 6) is -0.174. The molecule has 2 N–H and O–H groups in total. The zero-order chi connectivity index (χ0) is 15.0. The van der Waals surface area contributed by atoms with Crippen LogP contribution in [0.3, 0.4) is 0 Å². The first-order valence-corrected chi connectivity index (χ1v) is 7.41. The number of nitrogens with one attached hydrogen (secondary N) is 1. The van der Waals surface area contributed by atoms with Crippen molar-refractivity contribution in [2.45, 2.75) is 38.6 Å². The van der Waals surface area contributed by atoms with Crippen LogP contribution in [-0.2, 0) is 0 Å². The van der Waals surface area contributed by atoms with Crippen LogP contribution in [0.25, 0.3) is 0 Å². The molecule has 0 spiro atoms. The van der Waals surface area contributed by atoms with Gasteiger partial charge in [-0.2, -0.15) is 0 Å². The molecule has 114 valence electrons. The minimum atomic E-state index is -0.214. The number of nitrogens with zero attached hydrogens (tertiary/aromatic N) is 1. The predicted octanol–water partition coefficient (Wildman–Crippen LogP) is 2.79. The first-order valence-electron chi connectivity index (χ1n) is 7.41. The molecule has 1 unspecified atom stereocenters. The number of aliphatic hydroxyl groups is 1. The van der Waals surface area contributed by atoms with Crippen LogP contribution in [0.2, 0.25) is 0 Å². The van der Waals surface area contributed by atoms with Crippen molar-refractivity contribution in [3.05, 3.63) is 30.1 Å². The smallest absolute Gasteiger partial charge is 0.146 e. The number of anilines is 1. The summed E-state index contributed by atoms with van der Waals surface area (Å²) >= 11 is 0. The summed E-state index contributed by atoms with van der Waals surface area (Å²) in [4.78, 5) is 2.04. The Morgan fingerprint density at radius 1 is 1.30 bits per heavy atom. The molecule has 0 aliphatic carbocycles. The highest BCUT2D eigenvalue weighted by Crippen LogP contribution is 2.21. The van der Waals surface area contributed by atoms with E-state index in [1.54, 1.807) is 6.07 Å². The van der Waals surface area contributed by atoms with Crippen molar-refractivity contribution in [2.24, 2.45) is 0 Å². The van der Waals surface area contributed by atoms with Crippen LogP contribution in [-0.4, -0.2) is 37.4 Å². The quantitative estimate of drug-likeness (QED) is 0.731. The number of likely N-dealkylation sites (N-methyl/N-ethyl adjacent to an activating group) is 1. The Morgan fingerprint density at radius 2 is 2.00 bits per heavy atom. The van der Waals surface area contributed by atoms with E-state index in [1.807, 2.05) is 31.0 Å². The number of para-hydroxylation sites is 1. The van der Waals surface area contributed by atoms with E-state index >= 15 is 0 Å². The molecule has 3 nitrogen and oxygen atoms in total. The molecule has 0 saturated heterocycles. The van der Waals surface area contributed by atoms with Gasteiger partial charge in [-0.15, -0.1) is 0 Å². The predicted molar refractivity (Wildman–Crippen MR) is 82.7 cm³/mol. The van der Waals surface area contributed by atoms with Gasteiger partial charge in [-0.05, 0) is 45.4 Å². The third-order valence-electron chi connectivity index (χ3n) is 4.17. The molecule has 0 heterocycles. The van der Waals surface area contributed by atoms with E-state index in [0.29, 0.717) is 5.69 Å². The fraction of sp³-hybridized carbons (Fsp3) is 0.625. The monoisotopic (exact) mass is 282 g/mol. The fourth-order valence-electron chi connectivity index (χ4n) is 2.51. The van der Waals surface area contributed by atoms with Crippen LogP contribution in [0.1, 0.15) is 33.1 Å². The molecule has 1 rings (SSSR count). The van der Waals surface area contributed by atoms with Crippen molar-refractivity contribution in [1.29, 1.82) is 0 Å². The lowest BCUT2D eigenvalue weighted by atomic mass is 9.91. The van der Waals surface area contributed by atoms with Gasteiger partial charge in [0.1, 0.15) is 5.82 Å². The summed E-state index contributed by atoms with van der Waals surface area (Å²) in [6.45, 7) is 5.80. The highest BCUT2D eigenvalue weighted by Gasteiger charge is 2.24. The molecular weight excluding hydrogens is 255 g/mol. The minimum absolute atomic E-state index is 0.131. The molecule has 0 bridgehead atoms. The first-order chi connectivity index (χ1) is 9.62. The van der Waals surface area contributed by atoms with Gasteiger partial charge in [-0.3, -0.25) is 0 Å². The van der Waals surface area contributed by atoms with E-state index in [9.17, 15) is 9.50 Å². The molecule has 0 radical (unpaired) electrons. The number of benzene rings is 1. The van der Waals surface area contributed by atoms with Crippen LogP contribution in [0.4, 0.5) is 10.1 Å². The maximum Gasteiger partial charge on any atom is 0.146 e. The van der Waals surface area contributed by atoms with E-state index in [-0.39, 0.29) is 18.0 Å². The average molecular weight is 282 g/mol. The summed E-state index contributed by atoms with van der Waals surface area (Å²) in [6, 6.07) is 6.88. The van der Waals surface area contributed by atoms with Crippen molar-refractivity contribution in [2.75, 3.05) is 31.6 Å². The van der Waals surface area contributed by atoms with Crippen LogP contribution in [0, 0.1) is 5.82 Å². The lowest BCUT2D eigenvalue weighted by Crippen LogP contribution is -2.46. The number of hydrogen-bond acceptors (Lipinski definition) is 3. The minimum Gasteiger partial charge on any atom is -0.394 e. The van der Waals surface area contributed by atoms with Gasteiger partial charge in [0, 0.05) is 18.6 Å².